The summed E-state index contributed by atoms with van der Waals surface area (Å²) in [6, 6.07) is 5.37. The van der Waals surface area contributed by atoms with Gasteiger partial charge in [-0.3, -0.25) is 14.5 Å². The summed E-state index contributed by atoms with van der Waals surface area (Å²) in [7, 11) is 1.54. The average Bonchev–Trinajstić information content (AvgIpc) is 2.66. The van der Waals surface area contributed by atoms with Crippen molar-refractivity contribution in [1.82, 2.24) is 10.2 Å². The molecule has 1 fully saturated rings. The van der Waals surface area contributed by atoms with Gasteiger partial charge in [-0.1, -0.05) is 12.1 Å². The fourth-order valence-corrected chi connectivity index (χ4v) is 1.95. The van der Waals surface area contributed by atoms with Crippen LogP contribution in [0.4, 0.5) is 4.79 Å². The number of urea groups is 1. The number of methoxy groups -OCH3 is 1. The van der Waals surface area contributed by atoms with Crippen molar-refractivity contribution in [1.29, 1.82) is 0 Å². The fraction of sp³-hybridized carbons (Fsp3) is 0.308. The predicted octanol–water partition coefficient (Wildman–Crippen LogP) is 0.590. The molecule has 7 heteroatoms. The number of benzene rings is 1. The second kappa shape index (κ2) is 5.60. The van der Waals surface area contributed by atoms with Crippen molar-refractivity contribution in [3.8, 4) is 5.75 Å². The summed E-state index contributed by atoms with van der Waals surface area (Å²) in [4.78, 5) is 35.2. The minimum atomic E-state index is -1.13. The Bertz CT molecular complexity index is 540. The molecule has 1 aliphatic rings. The van der Waals surface area contributed by atoms with Crippen LogP contribution in [0.2, 0.25) is 0 Å². The van der Waals surface area contributed by atoms with Gasteiger partial charge in [0.1, 0.15) is 11.8 Å². The molecule has 0 spiro atoms. The number of nitrogens with one attached hydrogen (secondary N) is 1. The quantitative estimate of drug-likeness (QED) is 0.768. The maximum absolute atomic E-state index is 11.9. The zero-order valence-electron chi connectivity index (χ0n) is 10.8. The number of imide groups is 1. The molecular weight excluding hydrogens is 264 g/mol. The van der Waals surface area contributed by atoms with Crippen LogP contribution in [0.1, 0.15) is 12.0 Å². The highest BCUT2D eigenvalue weighted by Crippen LogP contribution is 2.16. The average molecular weight is 278 g/mol. The van der Waals surface area contributed by atoms with Crippen molar-refractivity contribution < 1.29 is 24.2 Å². The van der Waals surface area contributed by atoms with Gasteiger partial charge in [0.05, 0.1) is 20.1 Å². The first-order valence-electron chi connectivity index (χ1n) is 5.98. The van der Waals surface area contributed by atoms with Gasteiger partial charge in [0.2, 0.25) is 0 Å². The number of carboxylic acid groups (broad SMARTS) is 1. The van der Waals surface area contributed by atoms with E-state index in [1.165, 1.54) is 0 Å². The minimum Gasteiger partial charge on any atom is -0.497 e. The van der Waals surface area contributed by atoms with Gasteiger partial charge in [0.15, 0.2) is 0 Å². The Hall–Kier alpha value is -2.57. The first-order chi connectivity index (χ1) is 9.51. The van der Waals surface area contributed by atoms with E-state index >= 15 is 0 Å². The normalized spacial score (nSPS) is 18.1. The number of ether oxygens (including phenoxy) is 1. The number of aliphatic carboxylic acids is 1. The van der Waals surface area contributed by atoms with E-state index in [-0.39, 0.29) is 6.54 Å². The molecular formula is C13H14N2O5. The molecule has 1 saturated heterocycles. The lowest BCUT2D eigenvalue weighted by molar-refractivity contribution is -0.140. The smallest absolute Gasteiger partial charge is 0.325 e. The number of hydrogen-bond donors (Lipinski definition) is 2. The number of rotatable bonds is 5. The molecule has 2 rings (SSSR count). The lowest BCUT2D eigenvalue weighted by Crippen LogP contribution is -2.32. The van der Waals surface area contributed by atoms with E-state index in [0.717, 1.165) is 10.5 Å². The fourth-order valence-electron chi connectivity index (χ4n) is 1.95. The Morgan fingerprint density at radius 1 is 1.35 bits per heavy atom. The molecule has 0 radical (unpaired) electrons. The van der Waals surface area contributed by atoms with Crippen molar-refractivity contribution in [2.24, 2.45) is 0 Å². The Morgan fingerprint density at radius 3 is 2.55 bits per heavy atom. The Labute approximate surface area is 115 Å². The first kappa shape index (κ1) is 13.9. The van der Waals surface area contributed by atoms with Gasteiger partial charge in [-0.15, -0.1) is 0 Å². The van der Waals surface area contributed by atoms with Gasteiger partial charge < -0.3 is 15.2 Å². The molecule has 20 heavy (non-hydrogen) atoms. The third-order valence-electron chi connectivity index (χ3n) is 2.99. The largest absolute Gasteiger partial charge is 0.497 e. The predicted molar refractivity (Wildman–Crippen MR) is 68.1 cm³/mol. The zero-order valence-corrected chi connectivity index (χ0v) is 10.8. The summed E-state index contributed by atoms with van der Waals surface area (Å²) in [6.07, 6.45) is -0.413. The van der Waals surface area contributed by atoms with E-state index in [2.05, 4.69) is 5.32 Å². The highest BCUT2D eigenvalue weighted by atomic mass is 16.5. The molecule has 1 unspecified atom stereocenters. The van der Waals surface area contributed by atoms with Crippen LogP contribution in [0.15, 0.2) is 24.3 Å². The molecule has 1 aromatic carbocycles. The van der Waals surface area contributed by atoms with Crippen LogP contribution in [0.5, 0.6) is 5.75 Å². The zero-order chi connectivity index (χ0) is 14.7. The molecule has 106 valence electrons. The second-order valence-corrected chi connectivity index (χ2v) is 4.37. The number of nitrogens with zero attached hydrogens (tertiary/aromatic N) is 1. The maximum atomic E-state index is 11.9. The third kappa shape index (κ3) is 2.87. The molecule has 0 aliphatic carbocycles. The summed E-state index contributed by atoms with van der Waals surface area (Å²) in [5.41, 5.74) is 0.755. The first-order valence-corrected chi connectivity index (χ1v) is 5.98. The number of carbonyl (C=O) groups is 3. The summed E-state index contributed by atoms with van der Waals surface area (Å²) < 4.78 is 5.02. The van der Waals surface area contributed by atoms with Crippen LogP contribution < -0.4 is 10.1 Å². The second-order valence-electron chi connectivity index (χ2n) is 4.37. The number of carboxylic acids is 1. The van der Waals surface area contributed by atoms with Gasteiger partial charge in [-0.25, -0.2) is 4.79 Å². The Kier molecular flexibility index (Phi) is 3.88. The van der Waals surface area contributed by atoms with Crippen LogP contribution in [0.25, 0.3) is 0 Å². The van der Waals surface area contributed by atoms with E-state index in [9.17, 15) is 14.4 Å². The molecule has 7 nitrogen and oxygen atoms in total. The van der Waals surface area contributed by atoms with Crippen LogP contribution in [0.3, 0.4) is 0 Å². The lowest BCUT2D eigenvalue weighted by Gasteiger charge is -2.13. The topological polar surface area (TPSA) is 95.9 Å². The maximum Gasteiger partial charge on any atom is 0.325 e. The van der Waals surface area contributed by atoms with Gasteiger partial charge in [-0.05, 0) is 17.7 Å². The van der Waals surface area contributed by atoms with Crippen molar-refractivity contribution in [2.75, 3.05) is 7.11 Å². The van der Waals surface area contributed by atoms with Crippen LogP contribution >= 0.6 is 0 Å². The third-order valence-corrected chi connectivity index (χ3v) is 2.99. The van der Waals surface area contributed by atoms with Gasteiger partial charge in [-0.2, -0.15) is 0 Å². The van der Waals surface area contributed by atoms with E-state index in [4.69, 9.17) is 9.84 Å². The van der Waals surface area contributed by atoms with Gasteiger partial charge in [0, 0.05) is 0 Å². The van der Waals surface area contributed by atoms with Gasteiger partial charge >= 0.3 is 12.0 Å². The Balaban J connectivity index is 2.06. The highest BCUT2D eigenvalue weighted by Gasteiger charge is 2.38. The van der Waals surface area contributed by atoms with Crippen molar-refractivity contribution >= 4 is 17.9 Å². The van der Waals surface area contributed by atoms with E-state index in [1.807, 2.05) is 0 Å². The van der Waals surface area contributed by atoms with Crippen molar-refractivity contribution in [2.45, 2.75) is 19.0 Å². The summed E-state index contributed by atoms with van der Waals surface area (Å²) in [6.45, 7) is 0.102. The molecule has 0 saturated carbocycles. The highest BCUT2D eigenvalue weighted by molar-refractivity contribution is 6.05. The molecule has 2 N–H and O–H groups in total. The van der Waals surface area contributed by atoms with Crippen LogP contribution in [0, 0.1) is 0 Å². The Morgan fingerprint density at radius 2 is 2.00 bits per heavy atom. The SMILES string of the molecule is COc1ccc(CN2C(=O)NC(CC(=O)O)C2=O)cc1. The minimum absolute atomic E-state index is 0.102. The number of amides is 3. The van der Waals surface area contributed by atoms with Crippen LogP contribution in [-0.4, -0.2) is 41.1 Å². The molecule has 3 amide bonds. The molecule has 1 aromatic rings. The summed E-state index contributed by atoms with van der Waals surface area (Å²) in [5, 5.41) is 11.0. The molecule has 1 heterocycles. The monoisotopic (exact) mass is 278 g/mol. The van der Waals surface area contributed by atoms with E-state index in [1.54, 1.807) is 31.4 Å². The molecule has 0 aromatic heterocycles. The number of hydrogen-bond acceptors (Lipinski definition) is 4. The number of carbonyl (C=O) groups excluding carboxylic acids is 2. The molecule has 1 aliphatic heterocycles. The summed E-state index contributed by atoms with van der Waals surface area (Å²) in [5.74, 6) is -0.974. The summed E-state index contributed by atoms with van der Waals surface area (Å²) >= 11 is 0. The van der Waals surface area contributed by atoms with Crippen molar-refractivity contribution in [3.63, 3.8) is 0 Å². The van der Waals surface area contributed by atoms with E-state index in [0.29, 0.717) is 5.75 Å². The van der Waals surface area contributed by atoms with E-state index < -0.39 is 30.4 Å². The van der Waals surface area contributed by atoms with Crippen molar-refractivity contribution in [3.05, 3.63) is 29.8 Å². The van der Waals surface area contributed by atoms with Crippen LogP contribution in [-0.2, 0) is 16.1 Å². The molecule has 0 bridgehead atoms. The lowest BCUT2D eigenvalue weighted by atomic mass is 10.2. The molecule has 1 atom stereocenters. The standard InChI is InChI=1S/C13H14N2O5/c1-20-9-4-2-8(3-5-9)7-15-12(18)10(6-11(16)17)14-13(15)19/h2-5,10H,6-7H2,1H3,(H,14,19)(H,16,17). The van der Waals surface area contributed by atoms with Gasteiger partial charge in [0.25, 0.3) is 5.91 Å².